The van der Waals surface area contributed by atoms with E-state index < -0.39 is 0 Å². The monoisotopic (exact) mass is 316 g/mol. The van der Waals surface area contributed by atoms with Crippen LogP contribution < -0.4 is 0 Å². The summed E-state index contributed by atoms with van der Waals surface area (Å²) in [6.45, 7) is 6.46. The zero-order valence-electron chi connectivity index (χ0n) is 14.6. The average molecular weight is 316 g/mol. The molecule has 3 heteroatoms. The number of rotatable bonds is 1. The fourth-order valence-corrected chi connectivity index (χ4v) is 6.74. The van der Waals surface area contributed by atoms with Crippen LogP contribution in [0, 0.1) is 34.5 Å². The number of ketones is 1. The van der Waals surface area contributed by atoms with Gasteiger partial charge in [-0.05, 0) is 74.7 Å². The lowest BCUT2D eigenvalue weighted by Gasteiger charge is -2.56. The van der Waals surface area contributed by atoms with Crippen molar-refractivity contribution in [1.82, 2.24) is 0 Å². The second-order valence-electron chi connectivity index (χ2n) is 8.86. The van der Waals surface area contributed by atoms with Gasteiger partial charge in [-0.3, -0.25) is 9.59 Å². The minimum Gasteiger partial charge on any atom is -0.431 e. The van der Waals surface area contributed by atoms with Crippen molar-refractivity contribution in [3.05, 3.63) is 11.8 Å². The first-order valence-electron chi connectivity index (χ1n) is 9.28. The van der Waals surface area contributed by atoms with Gasteiger partial charge in [0.2, 0.25) is 0 Å². The Morgan fingerprint density at radius 2 is 1.96 bits per heavy atom. The fourth-order valence-electron chi connectivity index (χ4n) is 6.74. The summed E-state index contributed by atoms with van der Waals surface area (Å²) in [6.07, 6.45) is 9.29. The Morgan fingerprint density at radius 1 is 1.17 bits per heavy atom. The molecule has 0 aromatic carbocycles. The molecular weight excluding hydrogens is 288 g/mol. The molecular formula is C20H28O3. The standard InChI is InChI=1S/C20H28O3/c1-12(21)14-5-6-15-13-4-7-17-20(3,11-9-18(22)23-17)16(13)8-10-19(14,15)2/h7,13-16H,4-6,8-11H2,1-3H3/t13-,14-,15+,16+,19+,20+/m0/s1. The van der Waals surface area contributed by atoms with Gasteiger partial charge in [-0.15, -0.1) is 0 Å². The number of hydrogen-bond acceptors (Lipinski definition) is 3. The van der Waals surface area contributed by atoms with E-state index in [0.717, 1.165) is 31.4 Å². The molecule has 0 bridgehead atoms. The van der Waals surface area contributed by atoms with Crippen LogP contribution in [-0.2, 0) is 14.3 Å². The zero-order chi connectivity index (χ0) is 16.4. The van der Waals surface area contributed by atoms with Crippen LogP contribution in [0.1, 0.15) is 65.7 Å². The highest BCUT2D eigenvalue weighted by atomic mass is 16.5. The fraction of sp³-hybridized carbons (Fsp3) is 0.800. The predicted molar refractivity (Wildman–Crippen MR) is 87.3 cm³/mol. The van der Waals surface area contributed by atoms with Crippen LogP contribution in [0.4, 0.5) is 0 Å². The number of esters is 1. The Balaban J connectivity index is 1.67. The molecule has 0 N–H and O–H groups in total. The first kappa shape index (κ1) is 15.4. The number of ether oxygens (including phenoxy) is 1. The maximum absolute atomic E-state index is 12.1. The van der Waals surface area contributed by atoms with Crippen molar-refractivity contribution in [2.45, 2.75) is 65.7 Å². The van der Waals surface area contributed by atoms with Gasteiger partial charge in [-0.2, -0.15) is 0 Å². The van der Waals surface area contributed by atoms with Gasteiger partial charge >= 0.3 is 5.97 Å². The van der Waals surface area contributed by atoms with Crippen LogP contribution in [0.3, 0.4) is 0 Å². The molecule has 1 saturated heterocycles. The quantitative estimate of drug-likeness (QED) is 0.679. The highest BCUT2D eigenvalue weighted by Gasteiger charge is 2.60. The normalized spacial score (nSPS) is 48.7. The summed E-state index contributed by atoms with van der Waals surface area (Å²) in [4.78, 5) is 23.8. The molecule has 3 fully saturated rings. The predicted octanol–water partition coefficient (Wildman–Crippen LogP) is 4.27. The molecule has 0 radical (unpaired) electrons. The van der Waals surface area contributed by atoms with Gasteiger partial charge in [0, 0.05) is 17.8 Å². The average Bonchev–Trinajstić information content (AvgIpc) is 2.85. The second kappa shape index (κ2) is 4.94. The third kappa shape index (κ3) is 2.01. The van der Waals surface area contributed by atoms with Crippen LogP contribution in [-0.4, -0.2) is 11.8 Å². The second-order valence-corrected chi connectivity index (χ2v) is 8.86. The summed E-state index contributed by atoms with van der Waals surface area (Å²) in [5, 5.41) is 0. The van der Waals surface area contributed by atoms with Gasteiger partial charge in [-0.1, -0.05) is 13.8 Å². The van der Waals surface area contributed by atoms with E-state index in [1.165, 1.54) is 12.8 Å². The lowest BCUT2D eigenvalue weighted by Crippen LogP contribution is -2.51. The van der Waals surface area contributed by atoms with Gasteiger partial charge in [0.1, 0.15) is 11.5 Å². The lowest BCUT2D eigenvalue weighted by atomic mass is 9.49. The molecule has 6 atom stereocenters. The molecule has 0 spiro atoms. The van der Waals surface area contributed by atoms with E-state index >= 15 is 0 Å². The van der Waals surface area contributed by atoms with Crippen LogP contribution in [0.5, 0.6) is 0 Å². The Labute approximate surface area is 138 Å². The molecule has 126 valence electrons. The van der Waals surface area contributed by atoms with Crippen molar-refractivity contribution in [3.63, 3.8) is 0 Å². The summed E-state index contributed by atoms with van der Waals surface area (Å²) in [7, 11) is 0. The number of carbonyl (C=O) groups is 2. The van der Waals surface area contributed by atoms with Crippen molar-refractivity contribution in [3.8, 4) is 0 Å². The number of Topliss-reactive ketones (excluding diaryl/α,β-unsaturated/α-hetero) is 1. The van der Waals surface area contributed by atoms with Crippen molar-refractivity contribution < 1.29 is 14.3 Å². The van der Waals surface area contributed by atoms with Gasteiger partial charge in [-0.25, -0.2) is 0 Å². The third-order valence-electron chi connectivity index (χ3n) is 7.96. The summed E-state index contributed by atoms with van der Waals surface area (Å²) in [6, 6.07) is 0. The number of hydrogen-bond donors (Lipinski definition) is 0. The van der Waals surface area contributed by atoms with Gasteiger partial charge in [0.05, 0.1) is 0 Å². The Hall–Kier alpha value is -1.12. The van der Waals surface area contributed by atoms with Crippen molar-refractivity contribution in [2.75, 3.05) is 0 Å². The van der Waals surface area contributed by atoms with Gasteiger partial charge in [0.15, 0.2) is 0 Å². The molecule has 4 rings (SSSR count). The highest BCUT2D eigenvalue weighted by molar-refractivity contribution is 5.79. The number of carbonyl (C=O) groups excluding carboxylic acids is 2. The molecule has 0 unspecified atom stereocenters. The maximum atomic E-state index is 12.1. The van der Waals surface area contributed by atoms with Crippen LogP contribution in [0.15, 0.2) is 11.8 Å². The van der Waals surface area contributed by atoms with E-state index in [-0.39, 0.29) is 22.7 Å². The van der Waals surface area contributed by atoms with Crippen LogP contribution in [0.25, 0.3) is 0 Å². The Kier molecular flexibility index (Phi) is 3.31. The van der Waals surface area contributed by atoms with Crippen LogP contribution in [0.2, 0.25) is 0 Å². The number of allylic oxidation sites excluding steroid dienone is 2. The first-order valence-corrected chi connectivity index (χ1v) is 9.28. The van der Waals surface area contributed by atoms with Crippen molar-refractivity contribution in [1.29, 1.82) is 0 Å². The maximum Gasteiger partial charge on any atom is 0.310 e. The molecule has 0 aromatic heterocycles. The minimum atomic E-state index is -0.0645. The Morgan fingerprint density at radius 3 is 2.70 bits per heavy atom. The molecule has 0 amide bonds. The lowest BCUT2D eigenvalue weighted by molar-refractivity contribution is -0.152. The Bertz CT molecular complexity index is 592. The number of fused-ring (bicyclic) bond motifs is 5. The van der Waals surface area contributed by atoms with E-state index in [4.69, 9.17) is 4.74 Å². The van der Waals surface area contributed by atoms with Gasteiger partial charge < -0.3 is 4.74 Å². The summed E-state index contributed by atoms with van der Waals surface area (Å²) in [5.41, 5.74) is 0.229. The molecule has 2 saturated carbocycles. The molecule has 3 nitrogen and oxygen atoms in total. The molecule has 3 aliphatic carbocycles. The first-order chi connectivity index (χ1) is 10.9. The van der Waals surface area contributed by atoms with Crippen molar-refractivity contribution in [2.24, 2.45) is 34.5 Å². The van der Waals surface area contributed by atoms with E-state index in [1.54, 1.807) is 6.92 Å². The highest BCUT2D eigenvalue weighted by Crippen LogP contribution is 2.65. The molecule has 1 aliphatic heterocycles. The van der Waals surface area contributed by atoms with E-state index in [9.17, 15) is 9.59 Å². The summed E-state index contributed by atoms with van der Waals surface area (Å²) in [5.74, 6) is 3.45. The summed E-state index contributed by atoms with van der Waals surface area (Å²) < 4.78 is 5.61. The topological polar surface area (TPSA) is 43.4 Å². The molecule has 23 heavy (non-hydrogen) atoms. The van der Waals surface area contributed by atoms with E-state index in [2.05, 4.69) is 19.9 Å². The molecule has 0 aromatic rings. The smallest absolute Gasteiger partial charge is 0.310 e. The third-order valence-corrected chi connectivity index (χ3v) is 7.96. The summed E-state index contributed by atoms with van der Waals surface area (Å²) >= 11 is 0. The van der Waals surface area contributed by atoms with Crippen LogP contribution >= 0.6 is 0 Å². The van der Waals surface area contributed by atoms with Crippen molar-refractivity contribution >= 4 is 11.8 Å². The van der Waals surface area contributed by atoms with E-state index in [0.29, 0.717) is 30.0 Å². The SMILES string of the molecule is CC(=O)[C@@H]1CC[C@@H]2[C@@H]3CC=C4OC(=O)CC[C@]4(C)[C@@H]3CC[C@@]21C. The van der Waals surface area contributed by atoms with Gasteiger partial charge in [0.25, 0.3) is 0 Å². The zero-order valence-corrected chi connectivity index (χ0v) is 14.6. The molecule has 1 heterocycles. The minimum absolute atomic E-state index is 0.0342. The largest absolute Gasteiger partial charge is 0.431 e. The molecule has 4 aliphatic rings. The van der Waals surface area contributed by atoms with E-state index in [1.807, 2.05) is 0 Å².